The van der Waals surface area contributed by atoms with Gasteiger partial charge >= 0.3 is 0 Å². The summed E-state index contributed by atoms with van der Waals surface area (Å²) < 4.78 is 0. The summed E-state index contributed by atoms with van der Waals surface area (Å²) in [5.41, 5.74) is -1.05. The summed E-state index contributed by atoms with van der Waals surface area (Å²) >= 11 is 0. The molecule has 0 saturated heterocycles. The summed E-state index contributed by atoms with van der Waals surface area (Å²) in [6, 6.07) is 17.1. The zero-order valence-corrected chi connectivity index (χ0v) is 58.8. The SMILES string of the molecule is CCCCCCCCN1C(=O)c2ccc3c4c([N+](=O)[O-])cc5c6c(cc([N+](=O)[O-])c(c7ccc(c2c37)C1=O)c64)C(=O)N(CCCCCCCC)C5=O.CCCCCCCCN1C(=O)c2ccc3c4c([N+](=O)[O-])cc5c6c(ccc(c7c([N+](=O)[O-])cc(c2c37)C1=O)c64)C(=O)N(CCCCCCCC)C5=O. The largest absolute Gasteiger partial charge is 0.278 e. The lowest BCUT2D eigenvalue weighted by Gasteiger charge is -2.30. The molecule has 0 unspecified atom stereocenters. The predicted octanol–water partition coefficient (Wildman–Crippen LogP) is 18.9. The summed E-state index contributed by atoms with van der Waals surface area (Å²) in [4.78, 5) is 165. The van der Waals surface area contributed by atoms with Crippen LogP contribution >= 0.6 is 0 Å². The fourth-order valence-corrected chi connectivity index (χ4v) is 16.6. The van der Waals surface area contributed by atoms with Crippen LogP contribution in [0, 0.1) is 40.5 Å². The second-order valence-electron chi connectivity index (χ2n) is 28.1. The van der Waals surface area contributed by atoms with Crippen molar-refractivity contribution < 1.29 is 58.0 Å². The van der Waals surface area contributed by atoms with Gasteiger partial charge in [0.25, 0.3) is 70.0 Å². The van der Waals surface area contributed by atoms with Gasteiger partial charge in [-0.05, 0) is 76.9 Å². The van der Waals surface area contributed by atoms with Gasteiger partial charge in [-0.15, -0.1) is 0 Å². The molecule has 4 aliphatic heterocycles. The van der Waals surface area contributed by atoms with Crippen molar-refractivity contribution in [2.45, 2.75) is 182 Å². The number of amides is 8. The molecule has 0 spiro atoms. The number of nitro groups is 4. The highest BCUT2D eigenvalue weighted by Gasteiger charge is 2.44. The Morgan fingerprint density at radius 3 is 0.663 bits per heavy atom. The van der Waals surface area contributed by atoms with Crippen molar-refractivity contribution in [3.05, 3.63) is 158 Å². The molecule has 0 saturated carbocycles. The maximum atomic E-state index is 14.0. The number of carbonyl (C=O) groups is 8. The number of nitro benzene ring substituents is 4. The molecular weight excluding hydrogens is 1330 g/mol. The number of imide groups is 4. The van der Waals surface area contributed by atoms with Gasteiger partial charge in [0, 0.05) is 110 Å². The van der Waals surface area contributed by atoms with Gasteiger partial charge in [0.15, 0.2) is 0 Å². The molecule has 0 N–H and O–H groups in total. The van der Waals surface area contributed by atoms with E-state index in [9.17, 15) is 78.8 Å². The highest BCUT2D eigenvalue weighted by Crippen LogP contribution is 2.54. The highest BCUT2D eigenvalue weighted by molar-refractivity contribution is 6.46. The van der Waals surface area contributed by atoms with Crippen molar-refractivity contribution in [1.82, 2.24) is 19.6 Å². The van der Waals surface area contributed by atoms with Crippen LogP contribution in [0.25, 0.3) is 86.2 Å². The van der Waals surface area contributed by atoms with Gasteiger partial charge in [-0.1, -0.05) is 180 Å². The Hall–Kier alpha value is -11.0. The molecule has 0 aromatic heterocycles. The van der Waals surface area contributed by atoms with E-state index in [-0.39, 0.29) is 141 Å². The summed E-state index contributed by atoms with van der Waals surface area (Å²) in [5, 5.41) is 54.1. The van der Waals surface area contributed by atoms with Gasteiger partial charge in [0.2, 0.25) is 0 Å². The number of benzene rings is 10. The first-order chi connectivity index (χ1) is 50.2. The normalized spacial score (nSPS) is 14.3. The lowest BCUT2D eigenvalue weighted by Crippen LogP contribution is -2.41. The number of hydrogen-bond acceptors (Lipinski definition) is 16. The van der Waals surface area contributed by atoms with E-state index in [1.54, 1.807) is 24.3 Å². The molecule has 4 heterocycles. The summed E-state index contributed by atoms with van der Waals surface area (Å²) in [6.07, 6.45) is 22.6. The van der Waals surface area contributed by atoms with Crippen LogP contribution in [0.4, 0.5) is 22.7 Å². The molecule has 24 heteroatoms. The van der Waals surface area contributed by atoms with Crippen LogP contribution in [0.1, 0.15) is 265 Å². The third kappa shape index (κ3) is 11.9. The molecule has 10 aromatic rings. The van der Waals surface area contributed by atoms with Gasteiger partial charge in [0.05, 0.1) is 63.5 Å². The van der Waals surface area contributed by atoms with Crippen LogP contribution in [0.2, 0.25) is 0 Å². The molecule has 104 heavy (non-hydrogen) atoms. The van der Waals surface area contributed by atoms with Crippen LogP contribution in [0.15, 0.2) is 72.8 Å². The van der Waals surface area contributed by atoms with Crippen LogP contribution in [0.3, 0.4) is 0 Å². The highest BCUT2D eigenvalue weighted by atomic mass is 16.6. The number of nitrogens with zero attached hydrogens (tertiary/aromatic N) is 8. The van der Waals surface area contributed by atoms with E-state index in [4.69, 9.17) is 0 Å². The van der Waals surface area contributed by atoms with E-state index in [1.165, 1.54) is 53.4 Å². The third-order valence-corrected chi connectivity index (χ3v) is 21.7. The fourth-order valence-electron chi connectivity index (χ4n) is 16.6. The summed E-state index contributed by atoms with van der Waals surface area (Å²) in [5.74, 6) is -4.69. The van der Waals surface area contributed by atoms with Crippen LogP contribution < -0.4 is 0 Å². The van der Waals surface area contributed by atoms with E-state index in [2.05, 4.69) is 27.7 Å². The topological polar surface area (TPSA) is 322 Å². The maximum absolute atomic E-state index is 14.0. The lowest BCUT2D eigenvalue weighted by atomic mass is 9.81. The second kappa shape index (κ2) is 29.4. The molecule has 8 amide bonds. The second-order valence-corrected chi connectivity index (χ2v) is 28.1. The molecule has 0 atom stereocenters. The molecule has 0 radical (unpaired) electrons. The minimum atomic E-state index is -0.682. The molecule has 0 fully saturated rings. The average molecular weight is 1410 g/mol. The van der Waals surface area contributed by atoms with Crippen LogP contribution in [0.5, 0.6) is 0 Å². The molecule has 14 rings (SSSR count). The summed E-state index contributed by atoms with van der Waals surface area (Å²) in [7, 11) is 0. The Bertz CT molecular complexity index is 5050. The maximum Gasteiger partial charge on any atom is 0.278 e. The first kappa shape index (κ1) is 71.4. The number of rotatable bonds is 32. The van der Waals surface area contributed by atoms with Crippen molar-refractivity contribution in [1.29, 1.82) is 0 Å². The van der Waals surface area contributed by atoms with E-state index in [1.807, 2.05) is 0 Å². The number of unbranched alkanes of at least 4 members (excludes halogenated alkanes) is 20. The van der Waals surface area contributed by atoms with E-state index in [0.29, 0.717) is 41.8 Å². The van der Waals surface area contributed by atoms with E-state index < -0.39 is 89.7 Å². The van der Waals surface area contributed by atoms with Gasteiger partial charge < -0.3 is 0 Å². The van der Waals surface area contributed by atoms with Crippen molar-refractivity contribution in [2.75, 3.05) is 26.2 Å². The van der Waals surface area contributed by atoms with E-state index in [0.717, 1.165) is 143 Å². The van der Waals surface area contributed by atoms with Crippen LogP contribution in [-0.2, 0) is 0 Å². The summed E-state index contributed by atoms with van der Waals surface area (Å²) in [6.45, 7) is 9.14. The number of non-ortho nitro benzene ring substituents is 4. The van der Waals surface area contributed by atoms with Crippen molar-refractivity contribution >= 4 is 156 Å². The van der Waals surface area contributed by atoms with Crippen LogP contribution in [-0.4, -0.2) is 113 Å². The van der Waals surface area contributed by atoms with Crippen molar-refractivity contribution in [2.24, 2.45) is 0 Å². The molecule has 0 bridgehead atoms. The molecule has 24 nitrogen and oxygen atoms in total. The first-order valence-electron chi connectivity index (χ1n) is 36.8. The first-order valence-corrected chi connectivity index (χ1v) is 36.8. The predicted molar refractivity (Wildman–Crippen MR) is 397 cm³/mol. The number of fused-ring (bicyclic) bond motifs is 4. The van der Waals surface area contributed by atoms with Crippen molar-refractivity contribution in [3.8, 4) is 0 Å². The molecule has 0 aliphatic carbocycles. The fraction of sp³-hybridized carbons (Fsp3) is 0.400. The Balaban J connectivity index is 0.000000185. The Labute approximate surface area is 596 Å². The number of hydrogen-bond donors (Lipinski definition) is 0. The smallest absolute Gasteiger partial charge is 0.274 e. The Kier molecular flexibility index (Phi) is 20.2. The Morgan fingerprint density at radius 1 is 0.231 bits per heavy atom. The minimum Gasteiger partial charge on any atom is -0.274 e. The lowest BCUT2D eigenvalue weighted by molar-refractivity contribution is -0.383. The van der Waals surface area contributed by atoms with Gasteiger partial charge in [-0.25, -0.2) is 0 Å². The van der Waals surface area contributed by atoms with Gasteiger partial charge in [-0.2, -0.15) is 0 Å². The average Bonchev–Trinajstić information content (AvgIpc) is 0.685. The molecule has 536 valence electrons. The standard InChI is InChI=1S/2C40H40N4O8/c1-3-5-7-9-11-13-19-41-37(45)25-17-15-23-34-30(44(51)52)22-28-32-26(38(46)42(40(28)48)20-14-12-10-8-6-4-2)18-16-24(36(32)34)33-29(43(49)50)21-27(39(41)47)31(25)35(23)33;1-3-5-7-9-11-13-19-41-37(45)25-17-15-23-31-24(16-18-26(32(25)31)38(41)46)35-30(44(51)52)22-28-33-27(21-29(43(49)50)34(23)36(33)35)39(47)42(40(28)48)20-14-12-10-8-6-4-2/h2*15-18,21-22H,3-14,19-20H2,1-2H3. The number of carbonyl (C=O) groups excluding carboxylic acids is 8. The van der Waals surface area contributed by atoms with Gasteiger partial charge in [0.1, 0.15) is 0 Å². The van der Waals surface area contributed by atoms with E-state index >= 15 is 0 Å². The van der Waals surface area contributed by atoms with Gasteiger partial charge in [-0.3, -0.25) is 98.4 Å². The monoisotopic (exact) mass is 1410 g/mol. The third-order valence-electron chi connectivity index (χ3n) is 21.7. The molecular formula is C80H80N8O16. The van der Waals surface area contributed by atoms with Crippen molar-refractivity contribution in [3.63, 3.8) is 0 Å². The quantitative estimate of drug-likeness (QED) is 0.00944. The minimum absolute atomic E-state index is 0.0132. The molecule has 4 aliphatic rings. The zero-order valence-electron chi connectivity index (χ0n) is 58.8. The molecule has 10 aromatic carbocycles. The Morgan fingerprint density at radius 2 is 0.423 bits per heavy atom. The zero-order chi connectivity index (χ0) is 73.7.